The van der Waals surface area contributed by atoms with Gasteiger partial charge < -0.3 is 15.2 Å². The molecule has 1 aliphatic rings. The smallest absolute Gasteiger partial charge is 0.124 e. The van der Waals surface area contributed by atoms with Crippen LogP contribution >= 0.6 is 0 Å². The number of ether oxygens (including phenoxy) is 2. The highest BCUT2D eigenvalue weighted by molar-refractivity contribution is 5.43. The number of methoxy groups -OCH3 is 1. The van der Waals surface area contributed by atoms with Crippen LogP contribution in [0.4, 0.5) is 0 Å². The third kappa shape index (κ3) is 3.89. The fourth-order valence-corrected chi connectivity index (χ4v) is 2.84. The van der Waals surface area contributed by atoms with Crippen LogP contribution in [0.1, 0.15) is 63.5 Å². The minimum absolute atomic E-state index is 0.0643. The maximum absolute atomic E-state index is 6.28. The molecule has 0 bridgehead atoms. The Bertz CT molecular complexity index is 419. The van der Waals surface area contributed by atoms with Crippen LogP contribution in [0.5, 0.6) is 11.5 Å². The molecule has 20 heavy (non-hydrogen) atoms. The minimum Gasteiger partial charge on any atom is -0.497 e. The second-order valence-electron chi connectivity index (χ2n) is 5.69. The number of unbranched alkanes of at least 4 members (excludes halogenated alkanes) is 4. The quantitative estimate of drug-likeness (QED) is 0.759. The van der Waals surface area contributed by atoms with Crippen LogP contribution in [-0.4, -0.2) is 13.2 Å². The van der Waals surface area contributed by atoms with E-state index in [1.807, 2.05) is 18.2 Å². The van der Waals surface area contributed by atoms with Crippen molar-refractivity contribution in [2.24, 2.45) is 5.73 Å². The minimum atomic E-state index is 0.0643. The molecule has 3 heteroatoms. The maximum atomic E-state index is 6.28. The standard InChI is InChI=1S/C17H27NO2/c1-3-4-5-6-7-8-14-12-16(18)15-11-13(19-2)9-10-17(15)20-14/h9-11,14,16H,3-8,12,18H2,1-2H3. The molecule has 0 amide bonds. The molecule has 0 radical (unpaired) electrons. The number of fused-ring (bicyclic) bond motifs is 1. The summed E-state index contributed by atoms with van der Waals surface area (Å²) in [4.78, 5) is 0. The van der Waals surface area contributed by atoms with Crippen LogP contribution in [0.2, 0.25) is 0 Å². The van der Waals surface area contributed by atoms with Crippen molar-refractivity contribution < 1.29 is 9.47 Å². The van der Waals surface area contributed by atoms with Crippen molar-refractivity contribution in [2.75, 3.05) is 7.11 Å². The van der Waals surface area contributed by atoms with E-state index < -0.39 is 0 Å². The SMILES string of the molecule is CCCCCCCC1CC(N)c2cc(OC)ccc2O1. The Hall–Kier alpha value is -1.22. The number of hydrogen-bond acceptors (Lipinski definition) is 3. The molecule has 0 aromatic heterocycles. The first kappa shape index (κ1) is 15.2. The molecule has 0 fully saturated rings. The van der Waals surface area contributed by atoms with Gasteiger partial charge in [-0.15, -0.1) is 0 Å². The normalized spacial score (nSPS) is 21.1. The van der Waals surface area contributed by atoms with Crippen LogP contribution < -0.4 is 15.2 Å². The van der Waals surface area contributed by atoms with Crippen LogP contribution in [-0.2, 0) is 0 Å². The van der Waals surface area contributed by atoms with Crippen molar-refractivity contribution >= 4 is 0 Å². The molecule has 1 aromatic rings. The van der Waals surface area contributed by atoms with Gasteiger partial charge in [-0.2, -0.15) is 0 Å². The molecule has 2 rings (SSSR count). The second kappa shape index (κ2) is 7.53. The van der Waals surface area contributed by atoms with Crippen molar-refractivity contribution in [3.8, 4) is 11.5 Å². The summed E-state index contributed by atoms with van der Waals surface area (Å²) in [5.41, 5.74) is 7.35. The molecule has 0 saturated heterocycles. The summed E-state index contributed by atoms with van der Waals surface area (Å²) in [6.45, 7) is 2.24. The van der Waals surface area contributed by atoms with Gasteiger partial charge in [-0.05, 0) is 31.0 Å². The Morgan fingerprint density at radius 2 is 2.05 bits per heavy atom. The van der Waals surface area contributed by atoms with E-state index in [1.165, 1.54) is 32.1 Å². The predicted molar refractivity (Wildman–Crippen MR) is 82.3 cm³/mol. The van der Waals surface area contributed by atoms with E-state index in [0.717, 1.165) is 29.9 Å². The van der Waals surface area contributed by atoms with E-state index in [9.17, 15) is 0 Å². The summed E-state index contributed by atoms with van der Waals surface area (Å²) in [6, 6.07) is 5.98. The largest absolute Gasteiger partial charge is 0.497 e. The molecule has 1 aromatic carbocycles. The van der Waals surface area contributed by atoms with Gasteiger partial charge in [-0.25, -0.2) is 0 Å². The molecule has 2 N–H and O–H groups in total. The van der Waals surface area contributed by atoms with Crippen molar-refractivity contribution in [1.29, 1.82) is 0 Å². The highest BCUT2D eigenvalue weighted by Gasteiger charge is 2.25. The zero-order valence-electron chi connectivity index (χ0n) is 12.7. The summed E-state index contributed by atoms with van der Waals surface area (Å²) in [5, 5.41) is 0. The number of rotatable bonds is 7. The van der Waals surface area contributed by atoms with Gasteiger partial charge in [0.2, 0.25) is 0 Å². The first-order valence-electron chi connectivity index (χ1n) is 7.84. The molecular weight excluding hydrogens is 250 g/mol. The number of hydrogen-bond donors (Lipinski definition) is 1. The van der Waals surface area contributed by atoms with Gasteiger partial charge in [0.05, 0.1) is 7.11 Å². The van der Waals surface area contributed by atoms with Gasteiger partial charge in [0.25, 0.3) is 0 Å². The zero-order valence-corrected chi connectivity index (χ0v) is 12.7. The second-order valence-corrected chi connectivity index (χ2v) is 5.69. The molecule has 1 aliphatic heterocycles. The molecular formula is C17H27NO2. The van der Waals surface area contributed by atoms with Crippen molar-refractivity contribution in [3.05, 3.63) is 23.8 Å². The van der Waals surface area contributed by atoms with Gasteiger partial charge in [-0.3, -0.25) is 0 Å². The first-order valence-corrected chi connectivity index (χ1v) is 7.84. The average molecular weight is 277 g/mol. The average Bonchev–Trinajstić information content (AvgIpc) is 2.47. The lowest BCUT2D eigenvalue weighted by Crippen LogP contribution is -2.29. The molecule has 0 saturated carbocycles. The molecule has 0 aliphatic carbocycles. The third-order valence-corrected chi connectivity index (χ3v) is 4.06. The van der Waals surface area contributed by atoms with E-state index in [2.05, 4.69) is 6.92 Å². The Morgan fingerprint density at radius 3 is 2.80 bits per heavy atom. The molecule has 2 unspecified atom stereocenters. The van der Waals surface area contributed by atoms with Crippen molar-refractivity contribution in [2.45, 2.75) is 64.0 Å². The summed E-state index contributed by atoms with van der Waals surface area (Å²) in [7, 11) is 1.68. The monoisotopic (exact) mass is 277 g/mol. The van der Waals surface area contributed by atoms with Gasteiger partial charge in [0.1, 0.15) is 17.6 Å². The highest BCUT2D eigenvalue weighted by atomic mass is 16.5. The van der Waals surface area contributed by atoms with Crippen LogP contribution in [0, 0.1) is 0 Å². The van der Waals surface area contributed by atoms with E-state index >= 15 is 0 Å². The topological polar surface area (TPSA) is 44.5 Å². The van der Waals surface area contributed by atoms with Gasteiger partial charge in [-0.1, -0.05) is 32.6 Å². The van der Waals surface area contributed by atoms with Crippen LogP contribution in [0.3, 0.4) is 0 Å². The predicted octanol–water partition coefficient (Wildman–Crippen LogP) is 4.21. The van der Waals surface area contributed by atoms with Gasteiger partial charge >= 0.3 is 0 Å². The molecule has 0 spiro atoms. The van der Waals surface area contributed by atoms with Gasteiger partial charge in [0, 0.05) is 18.0 Å². The molecule has 2 atom stereocenters. The Balaban J connectivity index is 1.87. The Labute approximate surface area is 122 Å². The summed E-state index contributed by atoms with van der Waals surface area (Å²) in [5.74, 6) is 1.78. The lowest BCUT2D eigenvalue weighted by molar-refractivity contribution is 0.146. The summed E-state index contributed by atoms with van der Waals surface area (Å²) >= 11 is 0. The third-order valence-electron chi connectivity index (χ3n) is 4.06. The lowest BCUT2D eigenvalue weighted by atomic mass is 9.94. The first-order chi connectivity index (χ1) is 9.74. The fraction of sp³-hybridized carbons (Fsp3) is 0.647. The van der Waals surface area contributed by atoms with E-state index in [4.69, 9.17) is 15.2 Å². The van der Waals surface area contributed by atoms with E-state index in [0.29, 0.717) is 0 Å². The lowest BCUT2D eigenvalue weighted by Gasteiger charge is -2.30. The van der Waals surface area contributed by atoms with Gasteiger partial charge in [0.15, 0.2) is 0 Å². The molecule has 112 valence electrons. The van der Waals surface area contributed by atoms with Crippen molar-refractivity contribution in [1.82, 2.24) is 0 Å². The Morgan fingerprint density at radius 1 is 1.25 bits per heavy atom. The number of nitrogens with two attached hydrogens (primary N) is 1. The van der Waals surface area contributed by atoms with E-state index in [1.54, 1.807) is 7.11 Å². The summed E-state index contributed by atoms with van der Waals surface area (Å²) in [6.07, 6.45) is 8.81. The molecule has 3 nitrogen and oxygen atoms in total. The van der Waals surface area contributed by atoms with Crippen molar-refractivity contribution in [3.63, 3.8) is 0 Å². The highest BCUT2D eigenvalue weighted by Crippen LogP contribution is 2.37. The Kier molecular flexibility index (Phi) is 5.72. The fourth-order valence-electron chi connectivity index (χ4n) is 2.84. The molecule has 1 heterocycles. The number of benzene rings is 1. The van der Waals surface area contributed by atoms with Crippen LogP contribution in [0.15, 0.2) is 18.2 Å². The maximum Gasteiger partial charge on any atom is 0.124 e. The zero-order chi connectivity index (χ0) is 14.4. The summed E-state index contributed by atoms with van der Waals surface area (Å²) < 4.78 is 11.3. The van der Waals surface area contributed by atoms with E-state index in [-0.39, 0.29) is 12.1 Å². The van der Waals surface area contributed by atoms with Crippen LogP contribution in [0.25, 0.3) is 0 Å².